The number of nitro groups is 2. The highest BCUT2D eigenvalue weighted by atomic mass is 16.6. The molecule has 0 aromatic carbocycles. The van der Waals surface area contributed by atoms with E-state index >= 15 is 0 Å². The molecule has 0 spiro atoms. The minimum absolute atomic E-state index is 0.524. The predicted molar refractivity (Wildman–Crippen MR) is 36.5 cm³/mol. The summed E-state index contributed by atoms with van der Waals surface area (Å²) < 4.78 is 0.984. The van der Waals surface area contributed by atoms with Crippen molar-refractivity contribution in [2.45, 2.75) is 0 Å². The van der Waals surface area contributed by atoms with Gasteiger partial charge < -0.3 is 20.2 Å². The molecule has 64 valence electrons. The van der Waals surface area contributed by atoms with Crippen LogP contribution in [-0.4, -0.2) is 19.4 Å². The summed E-state index contributed by atoms with van der Waals surface area (Å²) in [6.45, 7) is 0. The zero-order valence-corrected chi connectivity index (χ0v) is 6.00. The molecule has 1 rings (SSSR count). The van der Waals surface area contributed by atoms with Gasteiger partial charge in [-0.15, -0.1) is 0 Å². The minimum atomic E-state index is -0.785. The van der Waals surface area contributed by atoms with Crippen LogP contribution in [0, 0.1) is 20.2 Å². The number of hydrogen-bond donors (Lipinski definition) is 0. The second kappa shape index (κ2) is 2.57. The zero-order valence-electron chi connectivity index (χ0n) is 6.00. The predicted octanol–water partition coefficient (Wildman–Crippen LogP) is 0.236. The van der Waals surface area contributed by atoms with Crippen molar-refractivity contribution < 1.29 is 9.85 Å². The fraction of sp³-hybridized carbons (Fsp3) is 0.250. The Morgan fingerprint density at radius 2 is 2.00 bits per heavy atom. The molecular weight excluding hydrogens is 168 g/mol. The van der Waals surface area contributed by atoms with Crippen LogP contribution >= 0.6 is 0 Å². The van der Waals surface area contributed by atoms with Crippen LogP contribution in [0.3, 0.4) is 0 Å². The fourth-order valence-electron chi connectivity index (χ4n) is 0.699. The third kappa shape index (κ3) is 1.21. The molecule has 0 aliphatic heterocycles. The van der Waals surface area contributed by atoms with Crippen LogP contribution in [0.5, 0.6) is 0 Å². The van der Waals surface area contributed by atoms with Crippen LogP contribution in [-0.2, 0) is 7.05 Å². The molecule has 0 aliphatic rings. The van der Waals surface area contributed by atoms with Gasteiger partial charge in [0.1, 0.15) is 0 Å². The van der Waals surface area contributed by atoms with Gasteiger partial charge in [0.15, 0.2) is 6.20 Å². The van der Waals surface area contributed by atoms with Crippen LogP contribution in [0.4, 0.5) is 11.8 Å². The first-order chi connectivity index (χ1) is 5.52. The van der Waals surface area contributed by atoms with Crippen molar-refractivity contribution in [3.63, 3.8) is 0 Å². The Labute approximate surface area is 65.7 Å². The lowest BCUT2D eigenvalue weighted by atomic mass is 10.8. The van der Waals surface area contributed by atoms with E-state index in [2.05, 4.69) is 4.98 Å². The smallest absolute Gasteiger partial charge is 0.390 e. The Morgan fingerprint density at radius 3 is 2.25 bits per heavy atom. The summed E-state index contributed by atoms with van der Waals surface area (Å²) >= 11 is 0. The highest BCUT2D eigenvalue weighted by Gasteiger charge is 2.19. The van der Waals surface area contributed by atoms with Crippen molar-refractivity contribution in [1.82, 2.24) is 9.55 Å². The molecule has 8 heteroatoms. The average molecular weight is 172 g/mol. The highest BCUT2D eigenvalue weighted by Crippen LogP contribution is 2.14. The van der Waals surface area contributed by atoms with E-state index in [1.165, 1.54) is 7.05 Å². The summed E-state index contributed by atoms with van der Waals surface area (Å²) in [5, 5.41) is 20.3. The van der Waals surface area contributed by atoms with E-state index in [4.69, 9.17) is 0 Å². The monoisotopic (exact) mass is 172 g/mol. The van der Waals surface area contributed by atoms with Crippen molar-refractivity contribution in [1.29, 1.82) is 0 Å². The summed E-state index contributed by atoms with van der Waals surface area (Å²) in [5.41, 5.74) is 0. The van der Waals surface area contributed by atoms with Crippen LogP contribution < -0.4 is 0 Å². The summed E-state index contributed by atoms with van der Waals surface area (Å²) in [7, 11) is 1.32. The van der Waals surface area contributed by atoms with Gasteiger partial charge >= 0.3 is 11.8 Å². The molecule has 0 atom stereocenters. The molecule has 0 bridgehead atoms. The fourth-order valence-corrected chi connectivity index (χ4v) is 0.699. The Bertz CT molecular complexity index is 343. The molecule has 1 aromatic rings. The molecule has 0 amide bonds. The van der Waals surface area contributed by atoms with Gasteiger partial charge in [-0.05, 0) is 14.8 Å². The first-order valence-electron chi connectivity index (χ1n) is 2.84. The number of nitrogens with zero attached hydrogens (tertiary/aromatic N) is 4. The number of aryl methyl sites for hydroxylation is 1. The highest BCUT2D eigenvalue weighted by molar-refractivity contribution is 5.23. The molecule has 12 heavy (non-hydrogen) atoms. The second-order valence-corrected chi connectivity index (χ2v) is 2.02. The van der Waals surface area contributed by atoms with E-state index in [1.807, 2.05) is 0 Å². The molecule has 0 saturated heterocycles. The standard InChI is InChI=1S/C4H4N4O4/c1-6-2-3(7(9)10)5-4(6)8(11)12/h2H,1H3. The summed E-state index contributed by atoms with van der Waals surface area (Å²) in [6.07, 6.45) is 0.984. The van der Waals surface area contributed by atoms with Crippen molar-refractivity contribution >= 4 is 11.8 Å². The van der Waals surface area contributed by atoms with Crippen LogP contribution in [0.2, 0.25) is 0 Å². The lowest BCUT2D eigenvalue weighted by Crippen LogP contribution is -1.96. The summed E-state index contributed by atoms with van der Waals surface area (Å²) in [4.78, 5) is 21.9. The van der Waals surface area contributed by atoms with E-state index in [9.17, 15) is 20.2 Å². The van der Waals surface area contributed by atoms with Crippen molar-refractivity contribution in [2.24, 2.45) is 7.05 Å². The van der Waals surface area contributed by atoms with Crippen molar-refractivity contribution in [2.75, 3.05) is 0 Å². The number of imidazole rings is 1. The quantitative estimate of drug-likeness (QED) is 0.469. The number of rotatable bonds is 2. The lowest BCUT2D eigenvalue weighted by molar-refractivity contribution is -0.403. The molecule has 0 fully saturated rings. The van der Waals surface area contributed by atoms with Crippen LogP contribution in [0.15, 0.2) is 6.20 Å². The average Bonchev–Trinajstić information content (AvgIpc) is 2.30. The number of aromatic nitrogens is 2. The first kappa shape index (κ1) is 8.11. The summed E-state index contributed by atoms with van der Waals surface area (Å²) in [5.74, 6) is -1.06. The zero-order chi connectivity index (χ0) is 9.30. The Kier molecular flexibility index (Phi) is 1.73. The Morgan fingerprint density at radius 1 is 1.42 bits per heavy atom. The maximum atomic E-state index is 10.2. The Hall–Kier alpha value is -1.99. The summed E-state index contributed by atoms with van der Waals surface area (Å²) in [6, 6.07) is 0. The van der Waals surface area contributed by atoms with E-state index in [0.29, 0.717) is 0 Å². The SMILES string of the molecule is Cn1cc([N+](=O)[O-])nc1[N+](=O)[O-]. The minimum Gasteiger partial charge on any atom is -0.390 e. The van der Waals surface area contributed by atoms with E-state index in [0.717, 1.165) is 10.8 Å². The molecule has 0 saturated carbocycles. The number of hydrogen-bond acceptors (Lipinski definition) is 5. The van der Waals surface area contributed by atoms with Gasteiger partial charge in [0.2, 0.25) is 0 Å². The van der Waals surface area contributed by atoms with E-state index in [1.54, 1.807) is 0 Å². The van der Waals surface area contributed by atoms with Crippen LogP contribution in [0.25, 0.3) is 0 Å². The maximum absolute atomic E-state index is 10.2. The third-order valence-electron chi connectivity index (χ3n) is 1.19. The molecule has 0 radical (unpaired) electrons. The maximum Gasteiger partial charge on any atom is 0.438 e. The molecule has 0 unspecified atom stereocenters. The molecule has 1 aromatic heterocycles. The largest absolute Gasteiger partial charge is 0.438 e. The van der Waals surface area contributed by atoms with Gasteiger partial charge in [-0.3, -0.25) is 0 Å². The first-order valence-corrected chi connectivity index (χ1v) is 2.84. The van der Waals surface area contributed by atoms with Gasteiger partial charge in [0.25, 0.3) is 0 Å². The molecular formula is C4H4N4O4. The molecule has 0 N–H and O–H groups in total. The van der Waals surface area contributed by atoms with Gasteiger partial charge in [-0.25, -0.2) is 4.57 Å². The molecule has 0 aliphatic carbocycles. The lowest BCUT2D eigenvalue weighted by Gasteiger charge is -1.89. The van der Waals surface area contributed by atoms with Crippen LogP contribution in [0.1, 0.15) is 0 Å². The Balaban J connectivity index is 3.17. The van der Waals surface area contributed by atoms with Gasteiger partial charge in [0, 0.05) is 0 Å². The second-order valence-electron chi connectivity index (χ2n) is 2.02. The van der Waals surface area contributed by atoms with Crippen molar-refractivity contribution in [3.05, 3.63) is 26.4 Å². The normalized spacial score (nSPS) is 9.75. The van der Waals surface area contributed by atoms with Gasteiger partial charge in [-0.2, -0.15) is 0 Å². The van der Waals surface area contributed by atoms with E-state index in [-0.39, 0.29) is 0 Å². The third-order valence-corrected chi connectivity index (χ3v) is 1.19. The molecule has 1 heterocycles. The van der Waals surface area contributed by atoms with Gasteiger partial charge in [0.05, 0.1) is 7.05 Å². The molecule has 8 nitrogen and oxygen atoms in total. The van der Waals surface area contributed by atoms with Gasteiger partial charge in [-0.1, -0.05) is 0 Å². The van der Waals surface area contributed by atoms with E-state index < -0.39 is 21.6 Å². The topological polar surface area (TPSA) is 104 Å². The van der Waals surface area contributed by atoms with Crippen molar-refractivity contribution in [3.8, 4) is 0 Å².